The second-order valence-electron chi connectivity index (χ2n) is 4.70. The molecule has 1 aliphatic rings. The van der Waals surface area contributed by atoms with Gasteiger partial charge in [-0.3, -0.25) is 4.79 Å². The van der Waals surface area contributed by atoms with Crippen molar-refractivity contribution in [3.63, 3.8) is 0 Å². The number of aromatic nitrogens is 2. The molecule has 1 saturated heterocycles. The lowest BCUT2D eigenvalue weighted by atomic mass is 10.2. The maximum absolute atomic E-state index is 12.0. The second-order valence-corrected chi connectivity index (χ2v) is 4.70. The van der Waals surface area contributed by atoms with Crippen LogP contribution >= 0.6 is 0 Å². The third-order valence-electron chi connectivity index (χ3n) is 2.86. The molecule has 0 saturated carbocycles. The summed E-state index contributed by atoms with van der Waals surface area (Å²) in [5.74, 6) is 0.336. The molecular weight excluding hydrogens is 260 g/mol. The zero-order valence-corrected chi connectivity index (χ0v) is 11.4. The fourth-order valence-corrected chi connectivity index (χ4v) is 2.07. The predicted octanol–water partition coefficient (Wildman–Crippen LogP) is 0.363. The topological polar surface area (TPSA) is 88.3 Å². The Kier molecular flexibility index (Phi) is 4.48. The average molecular weight is 276 g/mol. The molecule has 106 valence electrons. The summed E-state index contributed by atoms with van der Waals surface area (Å²) in [5, 5.41) is 8.58. The van der Waals surface area contributed by atoms with Gasteiger partial charge < -0.3 is 14.4 Å². The standard InChI is InChI=1S/C13H16N4O3/c1-9-6-17(7-10(2)20-9)13(18)8-19-11-4-15-12(3-14)16-5-11/h4-5,9-10H,6-8H2,1-2H3. The lowest BCUT2D eigenvalue weighted by molar-refractivity contribution is -0.145. The second kappa shape index (κ2) is 6.30. The van der Waals surface area contributed by atoms with Crippen LogP contribution in [0.1, 0.15) is 19.7 Å². The molecule has 7 heteroatoms. The summed E-state index contributed by atoms with van der Waals surface area (Å²) >= 11 is 0. The minimum absolute atomic E-state index is 0.0287. The number of morpholine rings is 1. The minimum atomic E-state index is -0.101. The summed E-state index contributed by atoms with van der Waals surface area (Å²) in [6, 6.07) is 1.81. The zero-order chi connectivity index (χ0) is 14.5. The number of ether oxygens (including phenoxy) is 2. The van der Waals surface area contributed by atoms with Crippen LogP contribution in [0, 0.1) is 11.3 Å². The first-order valence-corrected chi connectivity index (χ1v) is 6.36. The maximum atomic E-state index is 12.0. The number of nitrogens with zero attached hydrogens (tertiary/aromatic N) is 4. The molecule has 1 fully saturated rings. The fraction of sp³-hybridized carbons (Fsp3) is 0.538. The fourth-order valence-electron chi connectivity index (χ4n) is 2.07. The number of nitriles is 1. The molecule has 2 atom stereocenters. The number of carbonyl (C=O) groups excluding carboxylic acids is 1. The first-order valence-electron chi connectivity index (χ1n) is 6.36. The Balaban J connectivity index is 1.86. The van der Waals surface area contributed by atoms with E-state index < -0.39 is 0 Å². The van der Waals surface area contributed by atoms with Gasteiger partial charge in [0.1, 0.15) is 6.07 Å². The summed E-state index contributed by atoms with van der Waals surface area (Å²) in [6.07, 6.45) is 2.81. The number of rotatable bonds is 3. The van der Waals surface area contributed by atoms with Crippen LogP contribution in [0.25, 0.3) is 0 Å². The van der Waals surface area contributed by atoms with Gasteiger partial charge in [-0.05, 0) is 13.8 Å². The minimum Gasteiger partial charge on any atom is -0.481 e. The highest BCUT2D eigenvalue weighted by molar-refractivity contribution is 5.77. The Morgan fingerprint density at radius 2 is 2.05 bits per heavy atom. The third kappa shape index (κ3) is 3.65. The van der Waals surface area contributed by atoms with E-state index in [1.54, 1.807) is 4.90 Å². The molecule has 1 amide bonds. The quantitative estimate of drug-likeness (QED) is 0.792. The predicted molar refractivity (Wildman–Crippen MR) is 68.8 cm³/mol. The van der Waals surface area contributed by atoms with Crippen molar-refractivity contribution in [2.75, 3.05) is 19.7 Å². The van der Waals surface area contributed by atoms with Gasteiger partial charge in [0.25, 0.3) is 5.91 Å². The molecule has 7 nitrogen and oxygen atoms in total. The lowest BCUT2D eigenvalue weighted by Crippen LogP contribution is -2.49. The van der Waals surface area contributed by atoms with Gasteiger partial charge in [-0.15, -0.1) is 0 Å². The van der Waals surface area contributed by atoms with E-state index in [9.17, 15) is 4.79 Å². The van der Waals surface area contributed by atoms with Gasteiger partial charge in [-0.2, -0.15) is 5.26 Å². The van der Waals surface area contributed by atoms with Gasteiger partial charge in [-0.25, -0.2) is 9.97 Å². The van der Waals surface area contributed by atoms with Crippen LogP contribution in [-0.2, 0) is 9.53 Å². The molecule has 0 radical (unpaired) electrons. The molecule has 2 heterocycles. The highest BCUT2D eigenvalue weighted by Crippen LogP contribution is 2.12. The molecule has 0 spiro atoms. The molecule has 1 aromatic heterocycles. The number of amides is 1. The van der Waals surface area contributed by atoms with Gasteiger partial charge in [0.05, 0.1) is 24.6 Å². The van der Waals surface area contributed by atoms with Gasteiger partial charge >= 0.3 is 0 Å². The maximum Gasteiger partial charge on any atom is 0.260 e. The molecular formula is C13H16N4O3. The molecule has 0 bridgehead atoms. The summed E-state index contributed by atoms with van der Waals surface area (Å²) in [7, 11) is 0. The van der Waals surface area contributed by atoms with E-state index in [1.165, 1.54) is 12.4 Å². The van der Waals surface area contributed by atoms with Crippen molar-refractivity contribution >= 4 is 5.91 Å². The highest BCUT2D eigenvalue weighted by atomic mass is 16.5. The number of hydrogen-bond acceptors (Lipinski definition) is 6. The van der Waals surface area contributed by atoms with E-state index in [0.29, 0.717) is 18.8 Å². The van der Waals surface area contributed by atoms with E-state index in [4.69, 9.17) is 14.7 Å². The summed E-state index contributed by atoms with van der Waals surface area (Å²) < 4.78 is 10.9. The van der Waals surface area contributed by atoms with Gasteiger partial charge in [-0.1, -0.05) is 0 Å². The first kappa shape index (κ1) is 14.2. The Hall–Kier alpha value is -2.20. The van der Waals surface area contributed by atoms with Crippen LogP contribution in [0.4, 0.5) is 0 Å². The molecule has 1 aromatic rings. The highest BCUT2D eigenvalue weighted by Gasteiger charge is 2.25. The van der Waals surface area contributed by atoms with Crippen molar-refractivity contribution in [2.45, 2.75) is 26.1 Å². The van der Waals surface area contributed by atoms with E-state index in [0.717, 1.165) is 0 Å². The van der Waals surface area contributed by atoms with Crippen molar-refractivity contribution in [2.24, 2.45) is 0 Å². The SMILES string of the molecule is CC1CN(C(=O)COc2cnc(C#N)nc2)CC(C)O1. The van der Waals surface area contributed by atoms with Crippen molar-refractivity contribution in [3.05, 3.63) is 18.2 Å². The van der Waals surface area contributed by atoms with Crippen LogP contribution in [-0.4, -0.2) is 52.7 Å². The monoisotopic (exact) mass is 276 g/mol. The Labute approximate surface area is 117 Å². The zero-order valence-electron chi connectivity index (χ0n) is 11.4. The molecule has 0 aliphatic carbocycles. The molecule has 0 N–H and O–H groups in total. The normalized spacial score (nSPS) is 22.1. The largest absolute Gasteiger partial charge is 0.481 e. The van der Waals surface area contributed by atoms with Crippen LogP contribution in [0.15, 0.2) is 12.4 Å². The summed E-state index contributed by atoms with van der Waals surface area (Å²) in [6.45, 7) is 4.93. The Morgan fingerprint density at radius 1 is 1.45 bits per heavy atom. The molecule has 1 aliphatic heterocycles. The number of hydrogen-bond donors (Lipinski definition) is 0. The van der Waals surface area contributed by atoms with Crippen molar-refractivity contribution in [1.82, 2.24) is 14.9 Å². The van der Waals surface area contributed by atoms with E-state index in [1.807, 2.05) is 19.9 Å². The molecule has 0 aromatic carbocycles. The smallest absolute Gasteiger partial charge is 0.260 e. The summed E-state index contributed by atoms with van der Waals surface area (Å²) in [4.78, 5) is 21.3. The third-order valence-corrected chi connectivity index (χ3v) is 2.86. The molecule has 2 rings (SSSR count). The van der Waals surface area contributed by atoms with E-state index >= 15 is 0 Å². The van der Waals surface area contributed by atoms with Gasteiger partial charge in [0.15, 0.2) is 12.4 Å². The Morgan fingerprint density at radius 3 is 2.60 bits per heavy atom. The first-order chi connectivity index (χ1) is 9.58. The van der Waals surface area contributed by atoms with Gasteiger partial charge in [0.2, 0.25) is 5.82 Å². The van der Waals surface area contributed by atoms with Crippen LogP contribution in [0.5, 0.6) is 5.75 Å². The van der Waals surface area contributed by atoms with Crippen LogP contribution in [0.3, 0.4) is 0 Å². The van der Waals surface area contributed by atoms with Gasteiger partial charge in [0, 0.05) is 13.1 Å². The molecule has 2 unspecified atom stereocenters. The number of carbonyl (C=O) groups is 1. The van der Waals surface area contributed by atoms with E-state index in [-0.39, 0.29) is 30.5 Å². The van der Waals surface area contributed by atoms with E-state index in [2.05, 4.69) is 9.97 Å². The van der Waals surface area contributed by atoms with Crippen LogP contribution in [0.2, 0.25) is 0 Å². The summed E-state index contributed by atoms with van der Waals surface area (Å²) in [5.41, 5.74) is 0. The molecule has 20 heavy (non-hydrogen) atoms. The van der Waals surface area contributed by atoms with Crippen molar-refractivity contribution in [1.29, 1.82) is 5.26 Å². The lowest BCUT2D eigenvalue weighted by Gasteiger charge is -2.35. The van der Waals surface area contributed by atoms with Crippen LogP contribution < -0.4 is 4.74 Å². The van der Waals surface area contributed by atoms with Crippen molar-refractivity contribution < 1.29 is 14.3 Å². The average Bonchev–Trinajstić information content (AvgIpc) is 2.44. The Bertz CT molecular complexity index is 501. The van der Waals surface area contributed by atoms with Crippen molar-refractivity contribution in [3.8, 4) is 11.8 Å².